The molecule has 1 fully saturated rings. The molecule has 0 spiro atoms. The number of carbonyl (C=O) groups is 2. The summed E-state index contributed by atoms with van der Waals surface area (Å²) in [6.07, 6.45) is 3.71. The SMILES string of the molecule is [2H]C([2H])([2H])C([2H])([2H])n1ncc2c(F)cc(Nc3cc(NC(=O)C4CC4)ncc3C(=O)OC)c(OC)c21. The van der Waals surface area contributed by atoms with Crippen molar-refractivity contribution in [3.05, 3.63) is 35.9 Å². The van der Waals surface area contributed by atoms with Crippen LogP contribution in [-0.2, 0) is 16.0 Å². The van der Waals surface area contributed by atoms with Crippen molar-refractivity contribution in [3.63, 3.8) is 0 Å². The van der Waals surface area contributed by atoms with E-state index in [1.807, 2.05) is 0 Å². The lowest BCUT2D eigenvalue weighted by atomic mass is 10.1. The number of hydrogen-bond donors (Lipinski definition) is 2. The number of esters is 1. The van der Waals surface area contributed by atoms with Gasteiger partial charge in [0.2, 0.25) is 5.91 Å². The molecule has 1 amide bonds. The molecule has 1 aliphatic rings. The summed E-state index contributed by atoms with van der Waals surface area (Å²) < 4.78 is 64.7. The highest BCUT2D eigenvalue weighted by atomic mass is 19.1. The second-order valence-electron chi connectivity index (χ2n) is 6.86. The molecule has 3 aromatic rings. The van der Waals surface area contributed by atoms with Crippen molar-refractivity contribution in [1.82, 2.24) is 14.8 Å². The van der Waals surface area contributed by atoms with Gasteiger partial charge < -0.3 is 20.1 Å². The number of halogens is 1. The zero-order valence-electron chi connectivity index (χ0n) is 21.7. The molecule has 2 heterocycles. The minimum atomic E-state index is -3.13. The average Bonchev–Trinajstić information content (AvgIpc) is 3.57. The number of amides is 1. The highest BCUT2D eigenvalue weighted by molar-refractivity contribution is 6.00. The fourth-order valence-electron chi connectivity index (χ4n) is 3.14. The highest BCUT2D eigenvalue weighted by Gasteiger charge is 2.30. The molecule has 9 nitrogen and oxygen atoms in total. The molecule has 0 saturated heterocycles. The van der Waals surface area contributed by atoms with Crippen molar-refractivity contribution < 1.29 is 30.3 Å². The van der Waals surface area contributed by atoms with E-state index in [1.165, 1.54) is 19.4 Å². The van der Waals surface area contributed by atoms with Gasteiger partial charge in [-0.15, -0.1) is 0 Å². The van der Waals surface area contributed by atoms with Gasteiger partial charge in [-0.25, -0.2) is 14.2 Å². The molecule has 1 aromatic carbocycles. The summed E-state index contributed by atoms with van der Waals surface area (Å²) in [6, 6.07) is 2.38. The lowest BCUT2D eigenvalue weighted by molar-refractivity contribution is -0.117. The van der Waals surface area contributed by atoms with E-state index < -0.39 is 25.1 Å². The standard InChI is InChI=1S/C21H22FN5O4/c1-4-27-18-12(10-24-27)14(22)7-16(19(18)30-2)25-15-8-17(26-20(28)11-5-6-11)23-9-13(15)21(29)31-3/h7-11H,4-6H2,1-3H3,(H2,23,25,26,28)/i1D3,4D2. The molecule has 2 aromatic heterocycles. The maximum atomic E-state index is 15.1. The molecule has 0 unspecified atom stereocenters. The third kappa shape index (κ3) is 3.88. The number of methoxy groups -OCH3 is 2. The van der Waals surface area contributed by atoms with E-state index in [9.17, 15) is 9.59 Å². The molecule has 0 aliphatic heterocycles. The summed E-state index contributed by atoms with van der Waals surface area (Å²) in [5, 5.41) is 9.10. The summed E-state index contributed by atoms with van der Waals surface area (Å²) >= 11 is 0. The fraction of sp³-hybridized carbons (Fsp3) is 0.333. The number of aromatic nitrogens is 3. The van der Waals surface area contributed by atoms with E-state index in [0.717, 1.165) is 32.2 Å². The van der Waals surface area contributed by atoms with Crippen molar-refractivity contribution in [2.75, 3.05) is 24.9 Å². The topological polar surface area (TPSA) is 107 Å². The molecule has 1 saturated carbocycles. The third-order valence-corrected chi connectivity index (χ3v) is 4.85. The van der Waals surface area contributed by atoms with Crippen molar-refractivity contribution in [2.24, 2.45) is 5.92 Å². The van der Waals surface area contributed by atoms with Crippen LogP contribution >= 0.6 is 0 Å². The quantitative estimate of drug-likeness (QED) is 0.551. The van der Waals surface area contributed by atoms with Gasteiger partial charge in [-0.05, 0) is 19.7 Å². The first-order chi connectivity index (χ1) is 16.9. The summed E-state index contributed by atoms with van der Waals surface area (Å²) in [5.41, 5.74) is -0.292. The van der Waals surface area contributed by atoms with E-state index in [4.69, 9.17) is 16.3 Å². The van der Waals surface area contributed by atoms with Crippen LogP contribution in [0.4, 0.5) is 21.6 Å². The van der Waals surface area contributed by atoms with Gasteiger partial charge in [-0.3, -0.25) is 9.48 Å². The van der Waals surface area contributed by atoms with E-state index in [2.05, 4.69) is 20.7 Å². The number of carbonyl (C=O) groups excluding carboxylic acids is 2. The molecular weight excluding hydrogens is 405 g/mol. The van der Waals surface area contributed by atoms with Crippen molar-refractivity contribution in [3.8, 4) is 5.75 Å². The van der Waals surface area contributed by atoms with Crippen LogP contribution in [0.1, 0.15) is 36.9 Å². The van der Waals surface area contributed by atoms with Crippen LogP contribution in [0.15, 0.2) is 24.5 Å². The lowest BCUT2D eigenvalue weighted by Crippen LogP contribution is -2.15. The van der Waals surface area contributed by atoms with Crippen molar-refractivity contribution in [2.45, 2.75) is 26.2 Å². The Hall–Kier alpha value is -3.69. The monoisotopic (exact) mass is 432 g/mol. The van der Waals surface area contributed by atoms with E-state index >= 15 is 4.39 Å². The molecule has 31 heavy (non-hydrogen) atoms. The Bertz CT molecular complexity index is 1360. The first-order valence-electron chi connectivity index (χ1n) is 11.8. The van der Waals surface area contributed by atoms with Crippen LogP contribution in [0, 0.1) is 11.7 Å². The predicted octanol–water partition coefficient (Wildman–Crippen LogP) is 3.48. The molecule has 2 N–H and O–H groups in total. The number of fused-ring (bicyclic) bond motifs is 1. The predicted molar refractivity (Wildman–Crippen MR) is 112 cm³/mol. The molecule has 10 heteroatoms. The van der Waals surface area contributed by atoms with Gasteiger partial charge in [0.15, 0.2) is 5.75 Å². The first kappa shape index (κ1) is 15.2. The zero-order chi connectivity index (χ0) is 26.4. The number of rotatable bonds is 7. The van der Waals surface area contributed by atoms with Crippen LogP contribution in [0.25, 0.3) is 10.9 Å². The smallest absolute Gasteiger partial charge is 0.341 e. The Morgan fingerprint density at radius 3 is 2.81 bits per heavy atom. The van der Waals surface area contributed by atoms with Gasteiger partial charge in [0.1, 0.15) is 22.7 Å². The van der Waals surface area contributed by atoms with Crippen LogP contribution in [0.2, 0.25) is 0 Å². The average molecular weight is 432 g/mol. The second kappa shape index (κ2) is 8.21. The number of anilines is 3. The van der Waals surface area contributed by atoms with Gasteiger partial charge in [0.05, 0.1) is 39.9 Å². The van der Waals surface area contributed by atoms with Crippen LogP contribution < -0.4 is 15.4 Å². The summed E-state index contributed by atoms with van der Waals surface area (Å²) in [6.45, 7) is -6.13. The molecular formula is C21H22FN5O4. The van der Waals surface area contributed by atoms with E-state index in [1.54, 1.807) is 0 Å². The first-order valence-corrected chi connectivity index (χ1v) is 9.30. The van der Waals surface area contributed by atoms with Gasteiger partial charge in [0, 0.05) is 34.9 Å². The minimum Gasteiger partial charge on any atom is -0.492 e. The van der Waals surface area contributed by atoms with Gasteiger partial charge in [-0.2, -0.15) is 5.10 Å². The highest BCUT2D eigenvalue weighted by Crippen LogP contribution is 2.38. The number of aryl methyl sites for hydroxylation is 1. The van der Waals surface area contributed by atoms with E-state index in [-0.39, 0.29) is 51.2 Å². The molecule has 0 radical (unpaired) electrons. The number of nitrogens with one attached hydrogen (secondary N) is 2. The van der Waals surface area contributed by atoms with Crippen LogP contribution in [0.5, 0.6) is 5.75 Å². The minimum absolute atomic E-state index is 0.0455. The van der Waals surface area contributed by atoms with Crippen molar-refractivity contribution in [1.29, 1.82) is 0 Å². The zero-order valence-corrected chi connectivity index (χ0v) is 16.7. The number of nitrogens with zero attached hydrogens (tertiary/aromatic N) is 3. The molecule has 1 aliphatic carbocycles. The van der Waals surface area contributed by atoms with Gasteiger partial charge >= 0.3 is 5.97 Å². The van der Waals surface area contributed by atoms with E-state index in [0.29, 0.717) is 4.68 Å². The van der Waals surface area contributed by atoms with Crippen LogP contribution in [-0.4, -0.2) is 40.9 Å². The Morgan fingerprint density at radius 2 is 2.13 bits per heavy atom. The van der Waals surface area contributed by atoms with Crippen molar-refractivity contribution >= 4 is 40.0 Å². The second-order valence-corrected chi connectivity index (χ2v) is 6.86. The fourth-order valence-corrected chi connectivity index (χ4v) is 3.14. The Morgan fingerprint density at radius 1 is 1.32 bits per heavy atom. The summed E-state index contributed by atoms with van der Waals surface area (Å²) in [5.74, 6) is -1.94. The molecule has 162 valence electrons. The molecule has 4 rings (SSSR count). The Labute approximate surface area is 184 Å². The molecule has 0 bridgehead atoms. The largest absolute Gasteiger partial charge is 0.492 e. The maximum absolute atomic E-state index is 15.1. The molecule has 0 atom stereocenters. The Kier molecular flexibility index (Phi) is 4.02. The Balaban J connectivity index is 1.85. The number of ether oxygens (including phenoxy) is 2. The van der Waals surface area contributed by atoms with Crippen LogP contribution in [0.3, 0.4) is 0 Å². The normalized spacial score (nSPS) is 16.4. The van der Waals surface area contributed by atoms with Gasteiger partial charge in [-0.1, -0.05) is 0 Å². The number of benzene rings is 1. The lowest BCUT2D eigenvalue weighted by Gasteiger charge is -2.16. The van der Waals surface area contributed by atoms with Gasteiger partial charge in [0.25, 0.3) is 0 Å². The third-order valence-electron chi connectivity index (χ3n) is 4.85. The maximum Gasteiger partial charge on any atom is 0.341 e. The number of hydrogen-bond acceptors (Lipinski definition) is 7. The number of pyridine rings is 1. The summed E-state index contributed by atoms with van der Waals surface area (Å²) in [4.78, 5) is 28.6. The summed E-state index contributed by atoms with van der Waals surface area (Å²) in [7, 11) is 2.39.